The summed E-state index contributed by atoms with van der Waals surface area (Å²) in [6.45, 7) is 6.38. The van der Waals surface area contributed by atoms with Crippen LogP contribution >= 0.6 is 0 Å². The van der Waals surface area contributed by atoms with Crippen molar-refractivity contribution in [2.75, 3.05) is 31.7 Å². The monoisotopic (exact) mass is 251 g/mol. The predicted molar refractivity (Wildman–Crippen MR) is 72.0 cm³/mol. The molecule has 1 rings (SSSR count). The van der Waals surface area contributed by atoms with E-state index in [9.17, 15) is 0 Å². The van der Waals surface area contributed by atoms with E-state index in [0.717, 1.165) is 6.54 Å². The molecule has 0 aliphatic carbocycles. The molecule has 0 aliphatic heterocycles. The summed E-state index contributed by atoms with van der Waals surface area (Å²) in [4.78, 5) is 10.5. The molecule has 1 aromatic rings. The van der Waals surface area contributed by atoms with E-state index in [1.807, 2.05) is 0 Å². The van der Waals surface area contributed by atoms with E-state index < -0.39 is 0 Å². The van der Waals surface area contributed by atoms with Gasteiger partial charge >= 0.3 is 0 Å². The number of nitrogens with zero attached hydrogens (tertiary/aromatic N) is 3. The summed E-state index contributed by atoms with van der Waals surface area (Å²) in [7, 11) is 1.66. The van der Waals surface area contributed by atoms with Crippen molar-refractivity contribution in [1.29, 1.82) is 5.41 Å². The molecular formula is C12H21N5O. The van der Waals surface area contributed by atoms with Gasteiger partial charge in [0.25, 0.3) is 0 Å². The Hall–Kier alpha value is -1.69. The molecule has 3 N–H and O–H groups in total. The number of aromatic nitrogens is 2. The summed E-state index contributed by atoms with van der Waals surface area (Å²) in [6.07, 6.45) is 3.16. The van der Waals surface area contributed by atoms with Gasteiger partial charge in [-0.1, -0.05) is 13.8 Å². The maximum atomic E-state index is 7.55. The van der Waals surface area contributed by atoms with Gasteiger partial charge in [-0.15, -0.1) is 0 Å². The number of rotatable bonds is 7. The molecule has 0 unspecified atom stereocenters. The number of ether oxygens (including phenoxy) is 1. The smallest absolute Gasteiger partial charge is 0.158 e. The van der Waals surface area contributed by atoms with Gasteiger partial charge in [0.15, 0.2) is 5.82 Å². The van der Waals surface area contributed by atoms with Gasteiger partial charge in [-0.05, 0) is 5.92 Å². The highest BCUT2D eigenvalue weighted by Gasteiger charge is 2.16. The number of hydrogen-bond acceptors (Lipinski definition) is 5. The molecule has 0 aliphatic rings. The second-order valence-corrected chi connectivity index (χ2v) is 4.47. The van der Waals surface area contributed by atoms with Crippen LogP contribution in [0.1, 0.15) is 19.5 Å². The molecule has 18 heavy (non-hydrogen) atoms. The third kappa shape index (κ3) is 3.96. The first-order chi connectivity index (χ1) is 8.56. The number of hydrogen-bond donors (Lipinski definition) is 2. The number of anilines is 1. The van der Waals surface area contributed by atoms with Gasteiger partial charge in [0, 0.05) is 32.6 Å². The topological polar surface area (TPSA) is 88.1 Å². The highest BCUT2D eigenvalue weighted by atomic mass is 16.5. The summed E-state index contributed by atoms with van der Waals surface area (Å²) in [5, 5.41) is 7.55. The molecule has 6 nitrogen and oxygen atoms in total. The second kappa shape index (κ2) is 6.90. The number of methoxy groups -OCH3 is 1. The molecule has 0 radical (unpaired) electrons. The minimum Gasteiger partial charge on any atom is -0.383 e. The fourth-order valence-electron chi connectivity index (χ4n) is 1.68. The first kappa shape index (κ1) is 14.4. The summed E-state index contributed by atoms with van der Waals surface area (Å²) < 4.78 is 5.10. The maximum absolute atomic E-state index is 7.55. The third-order valence-corrected chi connectivity index (χ3v) is 2.38. The van der Waals surface area contributed by atoms with E-state index in [1.54, 1.807) is 19.5 Å². The average Bonchev–Trinajstić information content (AvgIpc) is 2.34. The van der Waals surface area contributed by atoms with Crippen LogP contribution in [-0.4, -0.2) is 42.6 Å². The number of amidine groups is 1. The van der Waals surface area contributed by atoms with Crippen molar-refractivity contribution in [3.05, 3.63) is 18.1 Å². The Morgan fingerprint density at radius 2 is 2.11 bits per heavy atom. The van der Waals surface area contributed by atoms with Crippen molar-refractivity contribution in [2.45, 2.75) is 13.8 Å². The largest absolute Gasteiger partial charge is 0.383 e. The first-order valence-corrected chi connectivity index (χ1v) is 5.95. The average molecular weight is 251 g/mol. The lowest BCUT2D eigenvalue weighted by molar-refractivity contribution is 0.204. The van der Waals surface area contributed by atoms with Crippen molar-refractivity contribution in [2.24, 2.45) is 11.7 Å². The quantitative estimate of drug-likeness (QED) is 0.554. The van der Waals surface area contributed by atoms with E-state index in [1.165, 1.54) is 0 Å². The molecule has 0 fully saturated rings. The van der Waals surface area contributed by atoms with Crippen LogP contribution < -0.4 is 10.6 Å². The predicted octanol–water partition coefficient (Wildman–Crippen LogP) is 0.869. The van der Waals surface area contributed by atoms with E-state index in [4.69, 9.17) is 15.9 Å². The standard InChI is InChI=1S/C12H21N5O/c1-9(2)8-17(6-7-18-3)12-10(11(13)14)15-4-5-16-12/h4-5,9H,6-8H2,1-3H3,(H3,13,14). The zero-order valence-corrected chi connectivity index (χ0v) is 11.2. The van der Waals surface area contributed by atoms with E-state index in [-0.39, 0.29) is 5.84 Å². The summed E-state index contributed by atoms with van der Waals surface area (Å²) in [5.41, 5.74) is 5.96. The summed E-state index contributed by atoms with van der Waals surface area (Å²) >= 11 is 0. The summed E-state index contributed by atoms with van der Waals surface area (Å²) in [5.74, 6) is 1.06. The zero-order chi connectivity index (χ0) is 13.5. The molecule has 0 atom stereocenters. The Morgan fingerprint density at radius 3 is 2.67 bits per heavy atom. The molecule has 0 saturated carbocycles. The molecular weight excluding hydrogens is 230 g/mol. The highest BCUT2D eigenvalue weighted by Crippen LogP contribution is 2.15. The Kier molecular flexibility index (Phi) is 5.51. The minimum atomic E-state index is -0.0655. The SMILES string of the molecule is COCCN(CC(C)C)c1nccnc1C(=N)N. The molecule has 0 bridgehead atoms. The molecule has 0 spiro atoms. The molecule has 1 aromatic heterocycles. The Morgan fingerprint density at radius 1 is 1.44 bits per heavy atom. The van der Waals surface area contributed by atoms with Gasteiger partial charge in [0.1, 0.15) is 11.5 Å². The van der Waals surface area contributed by atoms with Gasteiger partial charge in [-0.25, -0.2) is 9.97 Å². The first-order valence-electron chi connectivity index (χ1n) is 5.95. The minimum absolute atomic E-state index is 0.0655. The van der Waals surface area contributed by atoms with Gasteiger partial charge in [0.2, 0.25) is 0 Å². The van der Waals surface area contributed by atoms with Crippen LogP contribution in [0.4, 0.5) is 5.82 Å². The lowest BCUT2D eigenvalue weighted by atomic mass is 10.2. The van der Waals surface area contributed by atoms with Crippen molar-refractivity contribution < 1.29 is 4.74 Å². The van der Waals surface area contributed by atoms with Crippen molar-refractivity contribution in [3.8, 4) is 0 Å². The number of nitrogens with one attached hydrogen (secondary N) is 1. The molecule has 1 heterocycles. The van der Waals surface area contributed by atoms with E-state index in [2.05, 4.69) is 28.7 Å². The lowest BCUT2D eigenvalue weighted by Crippen LogP contribution is -2.34. The summed E-state index contributed by atoms with van der Waals surface area (Å²) in [6, 6.07) is 0. The fraction of sp³-hybridized carbons (Fsp3) is 0.583. The van der Waals surface area contributed by atoms with Crippen molar-refractivity contribution >= 4 is 11.7 Å². The Bertz CT molecular complexity index is 394. The fourth-order valence-corrected chi connectivity index (χ4v) is 1.68. The van der Waals surface area contributed by atoms with Crippen LogP contribution in [0.2, 0.25) is 0 Å². The molecule has 6 heteroatoms. The van der Waals surface area contributed by atoms with Crippen molar-refractivity contribution in [1.82, 2.24) is 9.97 Å². The van der Waals surface area contributed by atoms with Crippen LogP contribution in [0.5, 0.6) is 0 Å². The molecule has 0 amide bonds. The van der Waals surface area contributed by atoms with Crippen LogP contribution in [0.25, 0.3) is 0 Å². The molecule has 100 valence electrons. The van der Waals surface area contributed by atoms with Gasteiger partial charge in [-0.2, -0.15) is 0 Å². The van der Waals surface area contributed by atoms with E-state index in [0.29, 0.717) is 30.6 Å². The van der Waals surface area contributed by atoms with Gasteiger partial charge in [0.05, 0.1) is 6.61 Å². The Labute approximate surface area is 108 Å². The number of nitrogens with two attached hydrogens (primary N) is 1. The molecule has 0 saturated heterocycles. The lowest BCUT2D eigenvalue weighted by Gasteiger charge is -2.26. The second-order valence-electron chi connectivity index (χ2n) is 4.47. The van der Waals surface area contributed by atoms with Crippen LogP contribution in [0.15, 0.2) is 12.4 Å². The third-order valence-electron chi connectivity index (χ3n) is 2.38. The molecule has 0 aromatic carbocycles. The van der Waals surface area contributed by atoms with Crippen LogP contribution in [-0.2, 0) is 4.74 Å². The van der Waals surface area contributed by atoms with Gasteiger partial charge in [-0.3, -0.25) is 5.41 Å². The zero-order valence-electron chi connectivity index (χ0n) is 11.2. The van der Waals surface area contributed by atoms with Crippen LogP contribution in [0.3, 0.4) is 0 Å². The normalized spacial score (nSPS) is 10.7. The van der Waals surface area contributed by atoms with E-state index >= 15 is 0 Å². The highest BCUT2D eigenvalue weighted by molar-refractivity contribution is 5.97. The van der Waals surface area contributed by atoms with Gasteiger partial charge < -0.3 is 15.4 Å². The number of nitrogen functional groups attached to an aromatic ring is 1. The maximum Gasteiger partial charge on any atom is 0.158 e. The Balaban J connectivity index is 2.99. The van der Waals surface area contributed by atoms with Crippen molar-refractivity contribution in [3.63, 3.8) is 0 Å². The van der Waals surface area contributed by atoms with Crippen LogP contribution in [0, 0.1) is 11.3 Å².